The molecular formula is C24H29Cl3N2O2S. The Kier molecular flexibility index (Phi) is 11.7. The lowest BCUT2D eigenvalue weighted by Crippen LogP contribution is -2.49. The van der Waals surface area contributed by atoms with E-state index < -0.39 is 6.04 Å². The van der Waals surface area contributed by atoms with Gasteiger partial charge in [-0.15, -0.1) is 11.8 Å². The minimum Gasteiger partial charge on any atom is -0.354 e. The van der Waals surface area contributed by atoms with Gasteiger partial charge in [0.25, 0.3) is 0 Å². The molecule has 0 unspecified atom stereocenters. The average molecular weight is 516 g/mol. The SMILES string of the molecule is CCCCNC(=O)[C@@H](CC)N(Cc1ccc(Cl)cc1Cl)C(=O)CSCc1cccc(Cl)c1. The molecular weight excluding hydrogens is 487 g/mol. The van der Waals surface area contributed by atoms with Gasteiger partial charge in [0, 0.05) is 33.9 Å². The number of carbonyl (C=O) groups is 2. The maximum Gasteiger partial charge on any atom is 0.242 e. The standard InChI is InChI=1S/C24H29Cl3N2O2S/c1-3-5-11-28-24(31)22(4-2)29(14-18-9-10-20(26)13-21(18)27)23(30)16-32-15-17-7-6-8-19(25)12-17/h6-10,12-13,22H,3-5,11,14-16H2,1-2H3,(H,28,31)/t22-/m1/s1. The Hall–Kier alpha value is -1.40. The number of nitrogens with zero attached hydrogens (tertiary/aromatic N) is 1. The second kappa shape index (κ2) is 14.0. The van der Waals surface area contributed by atoms with Crippen molar-refractivity contribution in [2.45, 2.75) is 51.4 Å². The highest BCUT2D eigenvalue weighted by Crippen LogP contribution is 2.25. The third-order valence-corrected chi connectivity index (χ3v) is 6.77. The number of nitrogens with one attached hydrogen (secondary N) is 1. The second-order valence-electron chi connectivity index (χ2n) is 7.45. The first-order chi connectivity index (χ1) is 15.3. The lowest BCUT2D eigenvalue weighted by Gasteiger charge is -2.31. The molecule has 0 fully saturated rings. The summed E-state index contributed by atoms with van der Waals surface area (Å²) in [6.45, 7) is 4.82. The topological polar surface area (TPSA) is 49.4 Å². The summed E-state index contributed by atoms with van der Waals surface area (Å²) in [7, 11) is 0. The normalized spacial score (nSPS) is 11.8. The quantitative estimate of drug-likeness (QED) is 0.324. The zero-order valence-electron chi connectivity index (χ0n) is 18.4. The Morgan fingerprint density at radius 1 is 1.06 bits per heavy atom. The number of hydrogen-bond donors (Lipinski definition) is 1. The highest BCUT2D eigenvalue weighted by Gasteiger charge is 2.28. The number of rotatable bonds is 12. The van der Waals surface area contributed by atoms with Crippen LogP contribution >= 0.6 is 46.6 Å². The van der Waals surface area contributed by atoms with Crippen LogP contribution in [0.1, 0.15) is 44.2 Å². The molecule has 174 valence electrons. The van der Waals surface area contributed by atoms with Crippen LogP contribution in [-0.2, 0) is 21.9 Å². The molecule has 0 heterocycles. The summed E-state index contributed by atoms with van der Waals surface area (Å²) < 4.78 is 0. The number of carbonyl (C=O) groups excluding carboxylic acids is 2. The number of hydrogen-bond acceptors (Lipinski definition) is 3. The van der Waals surface area contributed by atoms with Crippen molar-refractivity contribution in [1.82, 2.24) is 10.2 Å². The summed E-state index contributed by atoms with van der Waals surface area (Å²) in [6.07, 6.45) is 2.39. The zero-order valence-corrected chi connectivity index (χ0v) is 21.5. The van der Waals surface area contributed by atoms with Crippen molar-refractivity contribution in [3.8, 4) is 0 Å². The van der Waals surface area contributed by atoms with Crippen molar-refractivity contribution in [2.24, 2.45) is 0 Å². The van der Waals surface area contributed by atoms with E-state index in [0.29, 0.717) is 33.8 Å². The van der Waals surface area contributed by atoms with Gasteiger partial charge in [-0.2, -0.15) is 0 Å². The van der Waals surface area contributed by atoms with E-state index in [1.165, 1.54) is 11.8 Å². The van der Waals surface area contributed by atoms with E-state index in [2.05, 4.69) is 12.2 Å². The van der Waals surface area contributed by atoms with Gasteiger partial charge in [0.15, 0.2) is 0 Å². The summed E-state index contributed by atoms with van der Waals surface area (Å²) >= 11 is 19.9. The van der Waals surface area contributed by atoms with E-state index in [-0.39, 0.29) is 24.1 Å². The van der Waals surface area contributed by atoms with E-state index in [9.17, 15) is 9.59 Å². The van der Waals surface area contributed by atoms with Crippen LogP contribution in [-0.4, -0.2) is 35.1 Å². The molecule has 2 amide bonds. The van der Waals surface area contributed by atoms with Crippen molar-refractivity contribution in [3.05, 3.63) is 68.7 Å². The van der Waals surface area contributed by atoms with Crippen molar-refractivity contribution < 1.29 is 9.59 Å². The van der Waals surface area contributed by atoms with Gasteiger partial charge < -0.3 is 10.2 Å². The lowest BCUT2D eigenvalue weighted by atomic mass is 10.1. The van der Waals surface area contributed by atoms with Gasteiger partial charge in [0.2, 0.25) is 11.8 Å². The Morgan fingerprint density at radius 3 is 2.47 bits per heavy atom. The summed E-state index contributed by atoms with van der Waals surface area (Å²) in [5.41, 5.74) is 1.80. The first kappa shape index (κ1) is 26.8. The molecule has 1 atom stereocenters. The lowest BCUT2D eigenvalue weighted by molar-refractivity contribution is -0.139. The van der Waals surface area contributed by atoms with E-state index >= 15 is 0 Å². The molecule has 0 aliphatic carbocycles. The molecule has 1 N–H and O–H groups in total. The highest BCUT2D eigenvalue weighted by atomic mass is 35.5. The molecule has 0 bridgehead atoms. The van der Waals surface area contributed by atoms with Crippen LogP contribution in [0.5, 0.6) is 0 Å². The zero-order chi connectivity index (χ0) is 23.5. The molecule has 0 aliphatic rings. The van der Waals surface area contributed by atoms with Gasteiger partial charge in [0.1, 0.15) is 6.04 Å². The van der Waals surface area contributed by atoms with Gasteiger partial charge in [0.05, 0.1) is 5.75 Å². The molecule has 0 saturated carbocycles. The van der Waals surface area contributed by atoms with Gasteiger partial charge in [-0.05, 0) is 48.2 Å². The number of unbranched alkanes of at least 4 members (excludes halogenated alkanes) is 1. The minimum atomic E-state index is -0.571. The Morgan fingerprint density at radius 2 is 1.81 bits per heavy atom. The summed E-state index contributed by atoms with van der Waals surface area (Å²) in [4.78, 5) is 27.8. The molecule has 0 aliphatic heterocycles. The van der Waals surface area contributed by atoms with Crippen molar-refractivity contribution in [3.63, 3.8) is 0 Å². The van der Waals surface area contributed by atoms with Crippen molar-refractivity contribution in [2.75, 3.05) is 12.3 Å². The molecule has 2 rings (SSSR count). The minimum absolute atomic E-state index is 0.111. The van der Waals surface area contributed by atoms with E-state index in [1.807, 2.05) is 31.2 Å². The second-order valence-corrected chi connectivity index (χ2v) is 9.71. The fourth-order valence-corrected chi connectivity index (χ4v) is 4.76. The van der Waals surface area contributed by atoms with Gasteiger partial charge in [-0.3, -0.25) is 9.59 Å². The molecule has 2 aromatic rings. The number of amides is 2. The van der Waals surface area contributed by atoms with Gasteiger partial charge >= 0.3 is 0 Å². The van der Waals surface area contributed by atoms with Crippen molar-refractivity contribution >= 4 is 58.4 Å². The van der Waals surface area contributed by atoms with Crippen LogP contribution in [0, 0.1) is 0 Å². The first-order valence-electron chi connectivity index (χ1n) is 10.7. The predicted molar refractivity (Wildman–Crippen MR) is 137 cm³/mol. The maximum absolute atomic E-state index is 13.2. The molecule has 8 heteroatoms. The maximum atomic E-state index is 13.2. The smallest absolute Gasteiger partial charge is 0.242 e. The first-order valence-corrected chi connectivity index (χ1v) is 13.0. The summed E-state index contributed by atoms with van der Waals surface area (Å²) in [5, 5.41) is 4.63. The number of thioether (sulfide) groups is 1. The van der Waals surface area contributed by atoms with Crippen LogP contribution in [0.15, 0.2) is 42.5 Å². The average Bonchev–Trinajstić information content (AvgIpc) is 2.75. The van der Waals surface area contributed by atoms with E-state index in [1.54, 1.807) is 23.1 Å². The predicted octanol–water partition coefficient (Wildman–Crippen LogP) is 6.60. The molecule has 0 aromatic heterocycles. The summed E-state index contributed by atoms with van der Waals surface area (Å²) in [5.74, 6) is 0.650. The van der Waals surface area contributed by atoms with Crippen LogP contribution in [0.3, 0.4) is 0 Å². The molecule has 0 radical (unpaired) electrons. The van der Waals surface area contributed by atoms with E-state index in [0.717, 1.165) is 24.0 Å². The van der Waals surface area contributed by atoms with E-state index in [4.69, 9.17) is 34.8 Å². The monoisotopic (exact) mass is 514 g/mol. The Bertz CT molecular complexity index is 911. The van der Waals surface area contributed by atoms with Gasteiger partial charge in [-0.1, -0.05) is 73.3 Å². The third-order valence-electron chi connectivity index (χ3n) is 4.95. The van der Waals surface area contributed by atoms with Crippen molar-refractivity contribution in [1.29, 1.82) is 0 Å². The van der Waals surface area contributed by atoms with Crippen LogP contribution in [0.2, 0.25) is 15.1 Å². The molecule has 32 heavy (non-hydrogen) atoms. The molecule has 2 aromatic carbocycles. The van der Waals surface area contributed by atoms with Crippen LogP contribution in [0.4, 0.5) is 0 Å². The fourth-order valence-electron chi connectivity index (χ4n) is 3.22. The Balaban J connectivity index is 2.15. The number of benzene rings is 2. The van der Waals surface area contributed by atoms with Crippen LogP contribution < -0.4 is 5.32 Å². The molecule has 0 saturated heterocycles. The Labute approximate surface area is 210 Å². The van der Waals surface area contributed by atoms with Gasteiger partial charge in [-0.25, -0.2) is 0 Å². The fraction of sp³-hybridized carbons (Fsp3) is 0.417. The summed E-state index contributed by atoms with van der Waals surface area (Å²) in [6, 6.07) is 12.2. The highest BCUT2D eigenvalue weighted by molar-refractivity contribution is 7.99. The third kappa shape index (κ3) is 8.51. The number of halogens is 3. The molecule has 4 nitrogen and oxygen atoms in total. The molecule has 0 spiro atoms. The van der Waals surface area contributed by atoms with Crippen LogP contribution in [0.25, 0.3) is 0 Å². The largest absolute Gasteiger partial charge is 0.354 e.